The number of para-hydroxylation sites is 1. The number of carbonyl (C=O) groups is 1. The maximum absolute atomic E-state index is 13.2. The third-order valence-corrected chi connectivity index (χ3v) is 2.26. The molecule has 4 N–H and O–H groups in total. The molecule has 0 unspecified atom stereocenters. The number of esters is 1. The largest absolute Gasteiger partial charge is 0.479 e. The van der Waals surface area contributed by atoms with E-state index in [0.717, 1.165) is 0 Å². The van der Waals surface area contributed by atoms with Crippen LogP contribution < -0.4 is 16.2 Å². The first-order valence-electron chi connectivity index (χ1n) is 5.83. The van der Waals surface area contributed by atoms with Crippen LogP contribution >= 0.6 is 0 Å². The SMILES string of the molecule is Nc1nc(N)nc(COC(=O)COc2ccccc2F)n1. The molecule has 2 rings (SSSR count). The molecular weight excluding hydrogens is 281 g/mol. The van der Waals surface area contributed by atoms with Crippen molar-refractivity contribution in [2.24, 2.45) is 0 Å². The fourth-order valence-corrected chi connectivity index (χ4v) is 1.41. The summed E-state index contributed by atoms with van der Waals surface area (Å²) in [7, 11) is 0. The molecular formula is C12H12FN5O3. The van der Waals surface area contributed by atoms with E-state index < -0.39 is 18.4 Å². The third-order valence-electron chi connectivity index (χ3n) is 2.26. The number of anilines is 2. The van der Waals surface area contributed by atoms with Crippen LogP contribution in [0.3, 0.4) is 0 Å². The zero-order valence-electron chi connectivity index (χ0n) is 10.8. The zero-order chi connectivity index (χ0) is 15.2. The molecule has 0 atom stereocenters. The number of carbonyl (C=O) groups excluding carboxylic acids is 1. The topological polar surface area (TPSA) is 126 Å². The van der Waals surface area contributed by atoms with Gasteiger partial charge in [-0.05, 0) is 12.1 Å². The Morgan fingerprint density at radius 1 is 1.14 bits per heavy atom. The van der Waals surface area contributed by atoms with Crippen molar-refractivity contribution < 1.29 is 18.7 Å². The van der Waals surface area contributed by atoms with Crippen molar-refractivity contribution in [2.45, 2.75) is 6.61 Å². The summed E-state index contributed by atoms with van der Waals surface area (Å²) < 4.78 is 23.1. The van der Waals surface area contributed by atoms with Gasteiger partial charge in [-0.15, -0.1) is 0 Å². The Balaban J connectivity index is 1.84. The number of rotatable bonds is 5. The summed E-state index contributed by atoms with van der Waals surface area (Å²) in [5.74, 6) is -1.35. The molecule has 0 fully saturated rings. The lowest BCUT2D eigenvalue weighted by Crippen LogP contribution is -2.16. The molecule has 0 radical (unpaired) electrons. The predicted octanol–water partition coefficient (Wildman–Crippen LogP) is 0.297. The summed E-state index contributed by atoms with van der Waals surface area (Å²) in [4.78, 5) is 22.5. The molecule has 110 valence electrons. The molecule has 0 amide bonds. The van der Waals surface area contributed by atoms with Gasteiger partial charge in [-0.2, -0.15) is 15.0 Å². The van der Waals surface area contributed by atoms with Gasteiger partial charge in [-0.3, -0.25) is 0 Å². The van der Waals surface area contributed by atoms with Crippen LogP contribution in [0.5, 0.6) is 5.75 Å². The van der Waals surface area contributed by atoms with Gasteiger partial charge in [0.2, 0.25) is 11.9 Å². The average molecular weight is 293 g/mol. The van der Waals surface area contributed by atoms with Gasteiger partial charge in [-0.1, -0.05) is 12.1 Å². The minimum Gasteiger partial charge on any atom is -0.479 e. The zero-order valence-corrected chi connectivity index (χ0v) is 10.8. The lowest BCUT2D eigenvalue weighted by atomic mass is 10.3. The molecule has 0 aliphatic carbocycles. The van der Waals surface area contributed by atoms with Gasteiger partial charge < -0.3 is 20.9 Å². The van der Waals surface area contributed by atoms with E-state index in [1.54, 1.807) is 6.07 Å². The maximum Gasteiger partial charge on any atom is 0.344 e. The maximum atomic E-state index is 13.2. The molecule has 0 aliphatic rings. The summed E-state index contributed by atoms with van der Waals surface area (Å²) in [6.07, 6.45) is 0. The summed E-state index contributed by atoms with van der Waals surface area (Å²) in [5, 5.41) is 0. The second-order valence-electron chi connectivity index (χ2n) is 3.85. The summed E-state index contributed by atoms with van der Waals surface area (Å²) >= 11 is 0. The number of benzene rings is 1. The molecule has 0 aliphatic heterocycles. The van der Waals surface area contributed by atoms with Gasteiger partial charge in [-0.25, -0.2) is 9.18 Å². The lowest BCUT2D eigenvalue weighted by Gasteiger charge is -2.07. The van der Waals surface area contributed by atoms with Gasteiger partial charge in [0.25, 0.3) is 0 Å². The van der Waals surface area contributed by atoms with Crippen LogP contribution in [0.15, 0.2) is 24.3 Å². The van der Waals surface area contributed by atoms with E-state index in [4.69, 9.17) is 20.9 Å². The van der Waals surface area contributed by atoms with Crippen LogP contribution in [0.2, 0.25) is 0 Å². The highest BCUT2D eigenvalue weighted by molar-refractivity contribution is 5.71. The first-order chi connectivity index (χ1) is 10.0. The predicted molar refractivity (Wildman–Crippen MR) is 70.3 cm³/mol. The van der Waals surface area contributed by atoms with Crippen molar-refractivity contribution in [3.63, 3.8) is 0 Å². The molecule has 0 spiro atoms. The Bertz CT molecular complexity index is 632. The van der Waals surface area contributed by atoms with Gasteiger partial charge in [0.15, 0.2) is 30.6 Å². The monoisotopic (exact) mass is 293 g/mol. The van der Waals surface area contributed by atoms with E-state index in [2.05, 4.69) is 15.0 Å². The van der Waals surface area contributed by atoms with E-state index in [-0.39, 0.29) is 30.1 Å². The molecule has 21 heavy (non-hydrogen) atoms. The van der Waals surface area contributed by atoms with E-state index in [1.165, 1.54) is 18.2 Å². The minimum atomic E-state index is -0.712. The Hall–Kier alpha value is -2.97. The molecule has 8 nitrogen and oxygen atoms in total. The van der Waals surface area contributed by atoms with Crippen LogP contribution in [0, 0.1) is 5.82 Å². The minimum absolute atomic E-state index is 0.0388. The van der Waals surface area contributed by atoms with Gasteiger partial charge in [0, 0.05) is 0 Å². The second-order valence-corrected chi connectivity index (χ2v) is 3.85. The summed E-state index contributed by atoms with van der Waals surface area (Å²) in [6, 6.07) is 5.71. The average Bonchev–Trinajstić information content (AvgIpc) is 2.43. The highest BCUT2D eigenvalue weighted by Gasteiger charge is 2.09. The number of hydrogen-bond donors (Lipinski definition) is 2. The summed E-state index contributed by atoms with van der Waals surface area (Å²) in [6.45, 7) is -0.687. The first kappa shape index (κ1) is 14.4. The molecule has 0 saturated heterocycles. The van der Waals surface area contributed by atoms with Crippen molar-refractivity contribution in [2.75, 3.05) is 18.1 Å². The standard InChI is InChI=1S/C12H12FN5O3/c13-7-3-1-2-4-8(7)20-6-10(19)21-5-9-16-11(14)18-12(15)17-9/h1-4H,5-6H2,(H4,14,15,16,17,18). The smallest absolute Gasteiger partial charge is 0.344 e. The number of nitrogen functional groups attached to an aromatic ring is 2. The number of halogens is 1. The summed E-state index contributed by atoms with van der Waals surface area (Å²) in [5.41, 5.74) is 10.7. The Kier molecular flexibility index (Phi) is 4.44. The van der Waals surface area contributed by atoms with E-state index in [0.29, 0.717) is 0 Å². The van der Waals surface area contributed by atoms with Gasteiger partial charge in [0.05, 0.1) is 0 Å². The number of nitrogens with zero attached hydrogens (tertiary/aromatic N) is 3. The van der Waals surface area contributed by atoms with Crippen molar-refractivity contribution in [1.82, 2.24) is 15.0 Å². The molecule has 1 aromatic carbocycles. The normalized spacial score (nSPS) is 10.1. The highest BCUT2D eigenvalue weighted by atomic mass is 19.1. The number of hydrogen-bond acceptors (Lipinski definition) is 8. The number of ether oxygens (including phenoxy) is 2. The van der Waals surface area contributed by atoms with Crippen molar-refractivity contribution in [3.05, 3.63) is 35.9 Å². The fraction of sp³-hybridized carbons (Fsp3) is 0.167. The fourth-order valence-electron chi connectivity index (χ4n) is 1.41. The second kappa shape index (κ2) is 6.46. The molecule has 0 bridgehead atoms. The Morgan fingerprint density at radius 2 is 1.81 bits per heavy atom. The van der Waals surface area contributed by atoms with Crippen molar-refractivity contribution in [3.8, 4) is 5.75 Å². The van der Waals surface area contributed by atoms with Crippen LogP contribution in [0.1, 0.15) is 5.82 Å². The molecule has 2 aromatic rings. The Morgan fingerprint density at radius 3 is 2.48 bits per heavy atom. The Labute approximate surface area is 118 Å². The molecule has 0 saturated carbocycles. The van der Waals surface area contributed by atoms with Gasteiger partial charge in [0.1, 0.15) is 0 Å². The van der Waals surface area contributed by atoms with Gasteiger partial charge >= 0.3 is 5.97 Å². The van der Waals surface area contributed by atoms with Crippen LogP contribution in [-0.2, 0) is 16.1 Å². The van der Waals surface area contributed by atoms with Crippen LogP contribution in [0.4, 0.5) is 16.3 Å². The molecule has 1 aromatic heterocycles. The first-order valence-corrected chi connectivity index (χ1v) is 5.83. The van der Waals surface area contributed by atoms with Crippen LogP contribution in [0.25, 0.3) is 0 Å². The van der Waals surface area contributed by atoms with Crippen molar-refractivity contribution in [1.29, 1.82) is 0 Å². The third kappa shape index (κ3) is 4.27. The van der Waals surface area contributed by atoms with E-state index in [1.807, 2.05) is 0 Å². The van der Waals surface area contributed by atoms with Crippen molar-refractivity contribution >= 4 is 17.9 Å². The highest BCUT2D eigenvalue weighted by Crippen LogP contribution is 2.15. The van der Waals surface area contributed by atoms with Crippen LogP contribution in [-0.4, -0.2) is 27.5 Å². The quantitative estimate of drug-likeness (QED) is 0.753. The molecule has 9 heteroatoms. The number of aromatic nitrogens is 3. The molecule has 1 heterocycles. The van der Waals surface area contributed by atoms with E-state index in [9.17, 15) is 9.18 Å². The lowest BCUT2D eigenvalue weighted by molar-refractivity contribution is -0.147. The van der Waals surface area contributed by atoms with E-state index >= 15 is 0 Å². The number of nitrogens with two attached hydrogens (primary N) is 2.